The van der Waals surface area contributed by atoms with Gasteiger partial charge in [0.2, 0.25) is 0 Å². The smallest absolute Gasteiger partial charge is 0.306 e. The van der Waals surface area contributed by atoms with E-state index in [-0.39, 0.29) is 5.97 Å². The highest BCUT2D eigenvalue weighted by atomic mass is 16.5. The number of aromatic nitrogens is 3. The van der Waals surface area contributed by atoms with E-state index in [9.17, 15) is 4.79 Å². The van der Waals surface area contributed by atoms with Crippen LogP contribution in [-0.2, 0) is 23.1 Å². The van der Waals surface area contributed by atoms with E-state index < -0.39 is 0 Å². The number of aryl methyl sites for hydroxylation is 1. The fourth-order valence-electron chi connectivity index (χ4n) is 1.35. The first-order valence-corrected chi connectivity index (χ1v) is 5.29. The van der Waals surface area contributed by atoms with Gasteiger partial charge in [0, 0.05) is 13.6 Å². The van der Waals surface area contributed by atoms with Crippen molar-refractivity contribution >= 4 is 5.97 Å². The molecule has 1 heterocycles. The number of rotatable bonds is 6. The van der Waals surface area contributed by atoms with Gasteiger partial charge < -0.3 is 9.30 Å². The van der Waals surface area contributed by atoms with Gasteiger partial charge >= 0.3 is 5.97 Å². The minimum absolute atomic E-state index is 0.184. The molecule has 90 valence electrons. The molecule has 0 saturated carbocycles. The second-order valence-electron chi connectivity index (χ2n) is 3.55. The van der Waals surface area contributed by atoms with E-state index in [1.807, 2.05) is 18.5 Å². The van der Waals surface area contributed by atoms with Crippen LogP contribution in [0.1, 0.15) is 19.2 Å². The van der Waals surface area contributed by atoms with Gasteiger partial charge in [0.15, 0.2) is 0 Å². The number of esters is 1. The Labute approximate surface area is 95.2 Å². The van der Waals surface area contributed by atoms with Crippen LogP contribution in [0.5, 0.6) is 0 Å². The molecule has 0 aliphatic carbocycles. The van der Waals surface area contributed by atoms with Crippen molar-refractivity contribution < 1.29 is 9.53 Å². The molecule has 6 nitrogen and oxygen atoms in total. The van der Waals surface area contributed by atoms with E-state index in [2.05, 4.69) is 19.8 Å². The second kappa shape index (κ2) is 6.22. The van der Waals surface area contributed by atoms with E-state index in [1.54, 1.807) is 6.33 Å². The molecule has 16 heavy (non-hydrogen) atoms. The second-order valence-corrected chi connectivity index (χ2v) is 3.55. The van der Waals surface area contributed by atoms with Gasteiger partial charge in [0.05, 0.1) is 20.1 Å². The molecule has 0 bridgehead atoms. The number of carbonyl (C=O) groups is 1. The molecule has 0 spiro atoms. The van der Waals surface area contributed by atoms with Crippen molar-refractivity contribution in [1.82, 2.24) is 19.7 Å². The number of nitrogens with zero attached hydrogens (tertiary/aromatic N) is 4. The lowest BCUT2D eigenvalue weighted by molar-refractivity contribution is -0.141. The summed E-state index contributed by atoms with van der Waals surface area (Å²) in [5.41, 5.74) is 0. The monoisotopic (exact) mass is 226 g/mol. The number of hydrogen-bond donors (Lipinski definition) is 0. The van der Waals surface area contributed by atoms with E-state index in [0.717, 1.165) is 12.4 Å². The minimum atomic E-state index is -0.184. The van der Waals surface area contributed by atoms with Crippen LogP contribution < -0.4 is 0 Å². The molecule has 0 aliphatic heterocycles. The molecule has 0 radical (unpaired) electrons. The standard InChI is InChI=1S/C10H18N4O2/c1-4-14(6-5-10(15)16-3)7-9-12-11-8-13(9)2/h8H,4-7H2,1-3H3. The summed E-state index contributed by atoms with van der Waals surface area (Å²) in [5.74, 6) is 0.711. The first-order chi connectivity index (χ1) is 7.67. The fourth-order valence-corrected chi connectivity index (χ4v) is 1.35. The molecule has 1 aromatic rings. The van der Waals surface area contributed by atoms with Gasteiger partial charge in [-0.2, -0.15) is 0 Å². The summed E-state index contributed by atoms with van der Waals surface area (Å²) >= 11 is 0. The average Bonchev–Trinajstić information content (AvgIpc) is 2.69. The minimum Gasteiger partial charge on any atom is -0.469 e. The van der Waals surface area contributed by atoms with Crippen molar-refractivity contribution in [2.45, 2.75) is 19.9 Å². The lowest BCUT2D eigenvalue weighted by atomic mass is 10.3. The summed E-state index contributed by atoms with van der Waals surface area (Å²) in [7, 11) is 3.31. The molecule has 0 aliphatic rings. The molecule has 6 heteroatoms. The molecule has 0 atom stereocenters. The first kappa shape index (κ1) is 12.6. The van der Waals surface area contributed by atoms with Crippen molar-refractivity contribution in [3.8, 4) is 0 Å². The zero-order chi connectivity index (χ0) is 12.0. The Morgan fingerprint density at radius 3 is 2.88 bits per heavy atom. The highest BCUT2D eigenvalue weighted by molar-refractivity contribution is 5.69. The van der Waals surface area contributed by atoms with Crippen LogP contribution in [0, 0.1) is 0 Å². The molecule has 1 aromatic heterocycles. The van der Waals surface area contributed by atoms with Crippen LogP contribution in [0.3, 0.4) is 0 Å². The van der Waals surface area contributed by atoms with Crippen LogP contribution >= 0.6 is 0 Å². The van der Waals surface area contributed by atoms with Gasteiger partial charge in [-0.05, 0) is 6.54 Å². The Morgan fingerprint density at radius 1 is 1.62 bits per heavy atom. The van der Waals surface area contributed by atoms with Gasteiger partial charge in [0.1, 0.15) is 12.2 Å². The maximum atomic E-state index is 11.0. The highest BCUT2D eigenvalue weighted by Gasteiger charge is 2.10. The lowest BCUT2D eigenvalue weighted by Gasteiger charge is -2.18. The van der Waals surface area contributed by atoms with Crippen molar-refractivity contribution in [3.63, 3.8) is 0 Å². The van der Waals surface area contributed by atoms with E-state index in [1.165, 1.54) is 7.11 Å². The Bertz CT molecular complexity index is 337. The van der Waals surface area contributed by atoms with Gasteiger partial charge in [-0.1, -0.05) is 6.92 Å². The third kappa shape index (κ3) is 3.62. The highest BCUT2D eigenvalue weighted by Crippen LogP contribution is 2.01. The number of hydrogen-bond acceptors (Lipinski definition) is 5. The summed E-state index contributed by atoms with van der Waals surface area (Å²) < 4.78 is 6.48. The molecule has 1 rings (SSSR count). The predicted octanol–water partition coefficient (Wildman–Crippen LogP) is 0.200. The predicted molar refractivity (Wildman–Crippen MR) is 58.6 cm³/mol. The van der Waals surface area contributed by atoms with Crippen LogP contribution in [0.25, 0.3) is 0 Å². The summed E-state index contributed by atoms with van der Waals surface area (Å²) in [4.78, 5) is 13.1. The molecule has 0 saturated heterocycles. The summed E-state index contributed by atoms with van der Waals surface area (Å²) in [6.07, 6.45) is 2.08. The maximum absolute atomic E-state index is 11.0. The Balaban J connectivity index is 2.43. The topological polar surface area (TPSA) is 60.3 Å². The SMILES string of the molecule is CCN(CCC(=O)OC)Cc1nncn1C. The largest absolute Gasteiger partial charge is 0.469 e. The Kier molecular flexibility index (Phi) is 4.91. The van der Waals surface area contributed by atoms with Crippen LogP contribution in [0.2, 0.25) is 0 Å². The quantitative estimate of drug-likeness (QED) is 0.648. The summed E-state index contributed by atoms with van der Waals surface area (Å²) in [5, 5.41) is 7.82. The van der Waals surface area contributed by atoms with Crippen LogP contribution in [0.4, 0.5) is 0 Å². The molecule has 0 fully saturated rings. The maximum Gasteiger partial charge on any atom is 0.306 e. The third-order valence-corrected chi connectivity index (χ3v) is 2.48. The van der Waals surface area contributed by atoms with Gasteiger partial charge in [0.25, 0.3) is 0 Å². The van der Waals surface area contributed by atoms with Crippen LogP contribution in [0.15, 0.2) is 6.33 Å². The third-order valence-electron chi connectivity index (χ3n) is 2.48. The Hall–Kier alpha value is -1.43. The van der Waals surface area contributed by atoms with Crippen molar-refractivity contribution in [1.29, 1.82) is 0 Å². The Morgan fingerprint density at radius 2 is 2.38 bits per heavy atom. The van der Waals surface area contributed by atoms with Crippen molar-refractivity contribution in [2.75, 3.05) is 20.2 Å². The number of ether oxygens (including phenoxy) is 1. The molecular formula is C10H18N4O2. The molecule has 0 unspecified atom stereocenters. The average molecular weight is 226 g/mol. The van der Waals surface area contributed by atoms with Gasteiger partial charge in [-0.25, -0.2) is 0 Å². The zero-order valence-electron chi connectivity index (χ0n) is 10.0. The lowest BCUT2D eigenvalue weighted by Crippen LogP contribution is -2.27. The molecule has 0 amide bonds. The fraction of sp³-hybridized carbons (Fsp3) is 0.700. The van der Waals surface area contributed by atoms with Gasteiger partial charge in [-0.15, -0.1) is 10.2 Å². The molecule has 0 aromatic carbocycles. The van der Waals surface area contributed by atoms with Crippen molar-refractivity contribution in [2.24, 2.45) is 7.05 Å². The number of methoxy groups -OCH3 is 1. The van der Waals surface area contributed by atoms with Gasteiger partial charge in [-0.3, -0.25) is 9.69 Å². The summed E-state index contributed by atoms with van der Waals surface area (Å²) in [6.45, 7) is 4.29. The van der Waals surface area contributed by atoms with E-state index in [0.29, 0.717) is 19.5 Å². The molecular weight excluding hydrogens is 208 g/mol. The van der Waals surface area contributed by atoms with Crippen molar-refractivity contribution in [3.05, 3.63) is 12.2 Å². The zero-order valence-corrected chi connectivity index (χ0v) is 10.0. The summed E-state index contributed by atoms with van der Waals surface area (Å²) in [6, 6.07) is 0. The van der Waals surface area contributed by atoms with E-state index >= 15 is 0 Å². The molecule has 0 N–H and O–H groups in total. The first-order valence-electron chi connectivity index (χ1n) is 5.29. The van der Waals surface area contributed by atoms with E-state index in [4.69, 9.17) is 0 Å². The van der Waals surface area contributed by atoms with Crippen LogP contribution in [-0.4, -0.2) is 45.8 Å². The number of carbonyl (C=O) groups excluding carboxylic acids is 1. The normalized spacial score (nSPS) is 10.8.